The van der Waals surface area contributed by atoms with E-state index in [-0.39, 0.29) is 11.9 Å². The molecular formula is C27H32N6O3. The average molecular weight is 489 g/mol. The number of hydrogen-bond acceptors (Lipinski definition) is 6. The Bertz CT molecular complexity index is 1200. The van der Waals surface area contributed by atoms with Gasteiger partial charge in [-0.2, -0.15) is 0 Å². The zero-order chi connectivity index (χ0) is 25.8. The number of carbonyl (C=O) groups excluding carboxylic acids is 3. The van der Waals surface area contributed by atoms with Gasteiger partial charge in [0.1, 0.15) is 11.6 Å². The molecule has 0 spiro atoms. The number of rotatable bonds is 9. The van der Waals surface area contributed by atoms with E-state index in [0.717, 1.165) is 31.2 Å². The lowest BCUT2D eigenvalue weighted by Gasteiger charge is -2.36. The second-order valence-electron chi connectivity index (χ2n) is 9.65. The van der Waals surface area contributed by atoms with E-state index in [4.69, 9.17) is 5.73 Å². The molecule has 5 N–H and O–H groups in total. The summed E-state index contributed by atoms with van der Waals surface area (Å²) in [5, 5.41) is 8.97. The van der Waals surface area contributed by atoms with Crippen LogP contribution in [-0.2, 0) is 19.9 Å². The highest BCUT2D eigenvalue weighted by molar-refractivity contribution is 5.98. The lowest BCUT2D eigenvalue weighted by atomic mass is 9.82. The Morgan fingerprint density at radius 2 is 1.81 bits per heavy atom. The highest BCUT2D eigenvalue weighted by atomic mass is 16.2. The summed E-state index contributed by atoms with van der Waals surface area (Å²) < 4.78 is 1.74. The van der Waals surface area contributed by atoms with Crippen LogP contribution < -0.4 is 21.7 Å². The number of nitrogens with two attached hydrogens (primary N) is 1. The molecule has 188 valence electrons. The van der Waals surface area contributed by atoms with Crippen molar-refractivity contribution >= 4 is 23.9 Å². The number of aldehydes is 1. The van der Waals surface area contributed by atoms with E-state index >= 15 is 0 Å². The van der Waals surface area contributed by atoms with Crippen LogP contribution in [0.1, 0.15) is 43.9 Å². The fourth-order valence-electron chi connectivity index (χ4n) is 4.56. The van der Waals surface area contributed by atoms with Gasteiger partial charge in [0.25, 0.3) is 5.91 Å². The first-order chi connectivity index (χ1) is 17.3. The van der Waals surface area contributed by atoms with Crippen molar-refractivity contribution in [1.82, 2.24) is 20.2 Å². The van der Waals surface area contributed by atoms with E-state index < -0.39 is 28.9 Å². The summed E-state index contributed by atoms with van der Waals surface area (Å²) in [4.78, 5) is 43.0. The van der Waals surface area contributed by atoms with Crippen molar-refractivity contribution < 1.29 is 14.4 Å². The lowest BCUT2D eigenvalue weighted by Crippen LogP contribution is -2.52. The van der Waals surface area contributed by atoms with Gasteiger partial charge in [-0.25, -0.2) is 4.98 Å². The summed E-state index contributed by atoms with van der Waals surface area (Å²) >= 11 is 0. The Kier molecular flexibility index (Phi) is 7.32. The number of hydrogen-bond donors (Lipinski definition) is 4. The molecule has 0 saturated carbocycles. The van der Waals surface area contributed by atoms with Crippen LogP contribution in [0.5, 0.6) is 0 Å². The van der Waals surface area contributed by atoms with Gasteiger partial charge in [0.15, 0.2) is 12.1 Å². The molecule has 36 heavy (non-hydrogen) atoms. The first-order valence-corrected chi connectivity index (χ1v) is 12.0. The minimum Gasteiger partial charge on any atom is -0.339 e. The molecule has 3 atom stereocenters. The summed E-state index contributed by atoms with van der Waals surface area (Å²) in [5.74, 6) is -0.671. The average Bonchev–Trinajstić information content (AvgIpc) is 3.57. The molecule has 1 saturated heterocycles. The fourth-order valence-corrected chi connectivity index (χ4v) is 4.56. The molecule has 1 aromatic heterocycles. The molecule has 2 unspecified atom stereocenters. The molecule has 1 aliphatic heterocycles. The number of anilines is 1. The van der Waals surface area contributed by atoms with Crippen LogP contribution >= 0.6 is 0 Å². The van der Waals surface area contributed by atoms with Gasteiger partial charge in [0, 0.05) is 12.2 Å². The molecule has 9 heteroatoms. The molecule has 3 aromatic rings. The van der Waals surface area contributed by atoms with E-state index in [0.29, 0.717) is 5.56 Å². The maximum absolute atomic E-state index is 13.3. The minimum atomic E-state index is -1.16. The zero-order valence-electron chi connectivity index (χ0n) is 20.5. The summed E-state index contributed by atoms with van der Waals surface area (Å²) in [5.41, 5.74) is 5.19. The molecule has 9 nitrogen and oxygen atoms in total. The zero-order valence-corrected chi connectivity index (χ0v) is 20.5. The van der Waals surface area contributed by atoms with Gasteiger partial charge in [0.05, 0.1) is 11.9 Å². The molecule has 2 heterocycles. The van der Waals surface area contributed by atoms with Gasteiger partial charge >= 0.3 is 0 Å². The van der Waals surface area contributed by atoms with Crippen LogP contribution in [0.2, 0.25) is 0 Å². The SMILES string of the molecule is CC(C)(N)C(=O)NC(C(=O)Nc1cn([C@](C=O)(c2ccccc2)C2CCCN2)cn1)c1ccccc1. The quantitative estimate of drug-likeness (QED) is 0.341. The normalized spacial score (nSPS) is 18.1. The Morgan fingerprint density at radius 1 is 1.14 bits per heavy atom. The van der Waals surface area contributed by atoms with Crippen LogP contribution in [0.3, 0.4) is 0 Å². The second kappa shape index (κ2) is 10.4. The second-order valence-corrected chi connectivity index (χ2v) is 9.65. The standard InChI is InChI=1S/C27H32N6O3/c1-26(2,28)25(36)32-23(19-10-5-3-6-11-19)24(35)31-22-16-33(18-30-22)27(17-34,21-14-9-15-29-21)20-12-7-4-8-13-20/h3-8,10-13,16-18,21,23,29H,9,14-15,28H2,1-2H3,(H,31,35)(H,32,36)/t21?,23?,27-/m1/s1. The number of nitrogens with one attached hydrogen (secondary N) is 3. The highest BCUT2D eigenvalue weighted by Gasteiger charge is 2.43. The molecule has 0 aliphatic carbocycles. The monoisotopic (exact) mass is 488 g/mol. The minimum absolute atomic E-state index is 0.127. The predicted octanol–water partition coefficient (Wildman–Crippen LogP) is 2.11. The Morgan fingerprint density at radius 3 is 2.39 bits per heavy atom. The summed E-state index contributed by atoms with van der Waals surface area (Å²) in [6.07, 6.45) is 5.92. The van der Waals surface area contributed by atoms with Gasteiger partial charge in [-0.15, -0.1) is 0 Å². The van der Waals surface area contributed by atoms with Crippen LogP contribution in [-0.4, -0.2) is 45.8 Å². The van der Waals surface area contributed by atoms with Crippen molar-refractivity contribution in [3.05, 3.63) is 84.3 Å². The molecule has 0 bridgehead atoms. The molecule has 2 aromatic carbocycles. The molecule has 1 aliphatic rings. The van der Waals surface area contributed by atoms with Crippen LogP contribution in [0.15, 0.2) is 73.2 Å². The summed E-state index contributed by atoms with van der Waals surface area (Å²) in [6.45, 7) is 3.97. The van der Waals surface area contributed by atoms with E-state index in [1.165, 1.54) is 0 Å². The van der Waals surface area contributed by atoms with Crippen LogP contribution in [0, 0.1) is 0 Å². The number of amides is 2. The van der Waals surface area contributed by atoms with Crippen LogP contribution in [0.25, 0.3) is 0 Å². The van der Waals surface area contributed by atoms with Crippen molar-refractivity contribution in [2.45, 2.75) is 49.9 Å². The molecular weight excluding hydrogens is 456 g/mol. The van der Waals surface area contributed by atoms with Gasteiger partial charge < -0.3 is 31.0 Å². The number of nitrogens with zero attached hydrogens (tertiary/aromatic N) is 2. The first-order valence-electron chi connectivity index (χ1n) is 12.0. The van der Waals surface area contributed by atoms with Crippen molar-refractivity contribution in [3.8, 4) is 0 Å². The first kappa shape index (κ1) is 25.3. The topological polar surface area (TPSA) is 131 Å². The third-order valence-electron chi connectivity index (χ3n) is 6.52. The Labute approximate surface area is 210 Å². The number of aromatic nitrogens is 2. The van der Waals surface area contributed by atoms with E-state index in [9.17, 15) is 14.4 Å². The number of benzene rings is 2. The van der Waals surface area contributed by atoms with Crippen molar-refractivity contribution in [2.75, 3.05) is 11.9 Å². The largest absolute Gasteiger partial charge is 0.339 e. The smallest absolute Gasteiger partial charge is 0.252 e. The van der Waals surface area contributed by atoms with Crippen molar-refractivity contribution in [3.63, 3.8) is 0 Å². The van der Waals surface area contributed by atoms with Crippen molar-refractivity contribution in [2.24, 2.45) is 5.73 Å². The number of imidazole rings is 1. The Balaban J connectivity index is 1.64. The fraction of sp³-hybridized carbons (Fsp3) is 0.333. The maximum Gasteiger partial charge on any atom is 0.252 e. The van der Waals surface area contributed by atoms with E-state index in [2.05, 4.69) is 20.9 Å². The number of carbonyl (C=O) groups is 3. The maximum atomic E-state index is 13.3. The third-order valence-corrected chi connectivity index (χ3v) is 6.52. The van der Waals surface area contributed by atoms with Crippen molar-refractivity contribution in [1.29, 1.82) is 0 Å². The lowest BCUT2D eigenvalue weighted by molar-refractivity contribution is -0.129. The highest BCUT2D eigenvalue weighted by Crippen LogP contribution is 2.33. The van der Waals surface area contributed by atoms with Crippen LogP contribution in [0.4, 0.5) is 5.82 Å². The van der Waals surface area contributed by atoms with Gasteiger partial charge in [-0.1, -0.05) is 60.7 Å². The summed E-state index contributed by atoms with van der Waals surface area (Å²) in [6, 6.07) is 17.3. The van der Waals surface area contributed by atoms with Gasteiger partial charge in [-0.3, -0.25) is 9.59 Å². The predicted molar refractivity (Wildman–Crippen MR) is 137 cm³/mol. The molecule has 0 radical (unpaired) electrons. The summed E-state index contributed by atoms with van der Waals surface area (Å²) in [7, 11) is 0. The Hall–Kier alpha value is -3.82. The van der Waals surface area contributed by atoms with E-state index in [1.54, 1.807) is 55.2 Å². The van der Waals surface area contributed by atoms with Gasteiger partial charge in [-0.05, 0) is 44.4 Å². The molecule has 1 fully saturated rings. The molecule has 2 amide bonds. The van der Waals surface area contributed by atoms with Gasteiger partial charge in [0.2, 0.25) is 5.91 Å². The van der Waals surface area contributed by atoms with E-state index in [1.807, 2.05) is 36.4 Å². The molecule has 4 rings (SSSR count). The third kappa shape index (κ3) is 5.07.